The maximum Gasteiger partial charge on any atom is 0.0736 e. The highest BCUT2D eigenvalue weighted by molar-refractivity contribution is 6.15. The van der Waals surface area contributed by atoms with E-state index in [4.69, 9.17) is 4.99 Å². The molecule has 0 aromatic heterocycles. The maximum atomic E-state index is 4.76. The Morgan fingerprint density at radius 2 is 1.80 bits per heavy atom. The monoisotopic (exact) mass is 332 g/mol. The summed E-state index contributed by atoms with van der Waals surface area (Å²) in [5.74, 6) is 5.92. The van der Waals surface area contributed by atoms with Gasteiger partial charge in [-0.15, -0.1) is 0 Å². The standard InChI is InChI=1S/C23H28N2/c1-8-10-11-20-12-14-21(15-13-20)23(24-9-2)22(16-25-18(5)6)19(7)17(3)4/h8,12-16,25H,1,5,9H2,2-4,6-7H3/b22-16-,24-23-. The molecule has 0 saturated carbocycles. The second kappa shape index (κ2) is 10.2. The minimum atomic E-state index is 0.716. The van der Waals surface area contributed by atoms with E-state index in [1.165, 1.54) is 11.1 Å². The first-order valence-electron chi connectivity index (χ1n) is 8.45. The van der Waals surface area contributed by atoms with E-state index in [1.807, 2.05) is 32.2 Å². The van der Waals surface area contributed by atoms with Gasteiger partial charge in [0.15, 0.2) is 0 Å². The Labute approximate surface area is 152 Å². The lowest BCUT2D eigenvalue weighted by Gasteiger charge is -2.15. The highest BCUT2D eigenvalue weighted by atomic mass is 14.8. The van der Waals surface area contributed by atoms with Crippen molar-refractivity contribution in [1.82, 2.24) is 5.32 Å². The van der Waals surface area contributed by atoms with Gasteiger partial charge in [0.2, 0.25) is 0 Å². The van der Waals surface area contributed by atoms with Crippen LogP contribution in [0.4, 0.5) is 0 Å². The molecule has 0 unspecified atom stereocenters. The smallest absolute Gasteiger partial charge is 0.0736 e. The highest BCUT2D eigenvalue weighted by Crippen LogP contribution is 2.20. The Kier molecular flexibility index (Phi) is 8.23. The third kappa shape index (κ3) is 6.31. The van der Waals surface area contributed by atoms with Gasteiger partial charge in [0.25, 0.3) is 0 Å². The van der Waals surface area contributed by atoms with Gasteiger partial charge in [-0.2, -0.15) is 0 Å². The molecule has 1 aromatic carbocycles. The molecule has 1 aromatic rings. The molecule has 0 amide bonds. The van der Waals surface area contributed by atoms with E-state index in [2.05, 4.69) is 63.2 Å². The zero-order valence-electron chi connectivity index (χ0n) is 16.0. The fraction of sp³-hybridized carbons (Fsp3) is 0.261. The quantitative estimate of drug-likeness (QED) is 0.421. The van der Waals surface area contributed by atoms with Crippen molar-refractivity contribution < 1.29 is 0 Å². The minimum Gasteiger partial charge on any atom is -0.365 e. The Hall–Kier alpha value is -2.79. The van der Waals surface area contributed by atoms with Crippen molar-refractivity contribution in [3.63, 3.8) is 0 Å². The van der Waals surface area contributed by atoms with Crippen LogP contribution in [0.15, 0.2) is 77.1 Å². The lowest BCUT2D eigenvalue weighted by Crippen LogP contribution is -2.12. The van der Waals surface area contributed by atoms with Gasteiger partial charge in [0, 0.05) is 35.1 Å². The predicted molar refractivity (Wildman–Crippen MR) is 111 cm³/mol. The molecule has 2 nitrogen and oxygen atoms in total. The fourth-order valence-electron chi connectivity index (χ4n) is 2.15. The van der Waals surface area contributed by atoms with E-state index < -0.39 is 0 Å². The number of aliphatic imine (C=N–C) groups is 1. The molecule has 0 aliphatic carbocycles. The van der Waals surface area contributed by atoms with Crippen molar-refractivity contribution in [3.05, 3.63) is 83.2 Å². The fourth-order valence-corrected chi connectivity index (χ4v) is 2.15. The zero-order chi connectivity index (χ0) is 18.8. The first-order valence-corrected chi connectivity index (χ1v) is 8.45. The molecule has 0 aliphatic heterocycles. The normalized spacial score (nSPS) is 11.2. The Morgan fingerprint density at radius 3 is 2.28 bits per heavy atom. The summed E-state index contributed by atoms with van der Waals surface area (Å²) in [5.41, 5.74) is 7.44. The van der Waals surface area contributed by atoms with Crippen LogP contribution in [0.2, 0.25) is 0 Å². The third-order valence-electron chi connectivity index (χ3n) is 3.67. The average Bonchev–Trinajstić information content (AvgIpc) is 2.59. The van der Waals surface area contributed by atoms with Gasteiger partial charge in [-0.25, -0.2) is 0 Å². The molecule has 1 rings (SSSR count). The number of allylic oxidation sites excluding steroid dienone is 5. The van der Waals surface area contributed by atoms with Crippen LogP contribution in [-0.4, -0.2) is 12.3 Å². The van der Waals surface area contributed by atoms with E-state index in [-0.39, 0.29) is 0 Å². The van der Waals surface area contributed by atoms with Crippen LogP contribution in [0.25, 0.3) is 0 Å². The van der Waals surface area contributed by atoms with Crippen LogP contribution >= 0.6 is 0 Å². The summed E-state index contributed by atoms with van der Waals surface area (Å²) >= 11 is 0. The van der Waals surface area contributed by atoms with Crippen molar-refractivity contribution in [1.29, 1.82) is 0 Å². The molecule has 2 heteroatoms. The lowest BCUT2D eigenvalue weighted by atomic mass is 9.94. The number of hydrogen-bond acceptors (Lipinski definition) is 2. The van der Waals surface area contributed by atoms with Gasteiger partial charge < -0.3 is 5.32 Å². The van der Waals surface area contributed by atoms with Gasteiger partial charge >= 0.3 is 0 Å². The molecule has 25 heavy (non-hydrogen) atoms. The third-order valence-corrected chi connectivity index (χ3v) is 3.67. The molecule has 0 bridgehead atoms. The Balaban J connectivity index is 3.41. The molecule has 0 radical (unpaired) electrons. The lowest BCUT2D eigenvalue weighted by molar-refractivity contribution is 1.05. The van der Waals surface area contributed by atoms with E-state index in [0.717, 1.165) is 28.1 Å². The van der Waals surface area contributed by atoms with Crippen LogP contribution in [0.5, 0.6) is 0 Å². The molecule has 0 saturated heterocycles. The van der Waals surface area contributed by atoms with Gasteiger partial charge in [-0.3, -0.25) is 4.99 Å². The zero-order valence-corrected chi connectivity index (χ0v) is 16.0. The van der Waals surface area contributed by atoms with Gasteiger partial charge in [0.1, 0.15) is 0 Å². The average molecular weight is 332 g/mol. The summed E-state index contributed by atoms with van der Waals surface area (Å²) in [4.78, 5) is 4.76. The van der Waals surface area contributed by atoms with Crippen molar-refractivity contribution in [2.75, 3.05) is 6.54 Å². The summed E-state index contributed by atoms with van der Waals surface area (Å²) in [5, 5.41) is 3.22. The molecule has 0 spiro atoms. The van der Waals surface area contributed by atoms with Crippen molar-refractivity contribution in [2.24, 2.45) is 4.99 Å². The molecule has 0 fully saturated rings. The van der Waals surface area contributed by atoms with Crippen LogP contribution in [0, 0.1) is 11.8 Å². The Morgan fingerprint density at radius 1 is 1.16 bits per heavy atom. The number of nitrogens with one attached hydrogen (secondary N) is 1. The van der Waals surface area contributed by atoms with E-state index in [1.54, 1.807) is 6.08 Å². The molecule has 130 valence electrons. The van der Waals surface area contributed by atoms with Crippen molar-refractivity contribution in [2.45, 2.75) is 34.6 Å². The van der Waals surface area contributed by atoms with Crippen LogP contribution in [0.3, 0.4) is 0 Å². The minimum absolute atomic E-state index is 0.716. The van der Waals surface area contributed by atoms with E-state index in [0.29, 0.717) is 6.54 Å². The topological polar surface area (TPSA) is 24.4 Å². The summed E-state index contributed by atoms with van der Waals surface area (Å²) in [6.45, 7) is 18.6. The molecule has 0 aliphatic rings. The SMILES string of the molecule is C=CC#Cc1ccc(C(=N/CC)/C(=C\NC(=C)C)C(C)=C(C)C)cc1. The molecule has 0 heterocycles. The van der Waals surface area contributed by atoms with Crippen molar-refractivity contribution >= 4 is 5.71 Å². The molecular formula is C23H28N2. The Bertz CT molecular complexity index is 772. The maximum absolute atomic E-state index is 4.76. The van der Waals surface area contributed by atoms with Gasteiger partial charge in [-0.05, 0) is 58.4 Å². The molecule has 1 N–H and O–H groups in total. The van der Waals surface area contributed by atoms with Gasteiger partial charge in [0.05, 0.1) is 5.71 Å². The summed E-state index contributed by atoms with van der Waals surface area (Å²) in [6.07, 6.45) is 3.59. The molecule has 0 atom stereocenters. The van der Waals surface area contributed by atoms with Crippen LogP contribution in [0.1, 0.15) is 45.7 Å². The van der Waals surface area contributed by atoms with E-state index in [9.17, 15) is 0 Å². The van der Waals surface area contributed by atoms with E-state index >= 15 is 0 Å². The predicted octanol–water partition coefficient (Wildman–Crippen LogP) is 5.40. The number of hydrogen-bond donors (Lipinski definition) is 1. The molecular weight excluding hydrogens is 304 g/mol. The largest absolute Gasteiger partial charge is 0.365 e. The van der Waals surface area contributed by atoms with Gasteiger partial charge in [-0.1, -0.05) is 42.7 Å². The summed E-state index contributed by atoms with van der Waals surface area (Å²) in [7, 11) is 0. The van der Waals surface area contributed by atoms with Crippen LogP contribution in [-0.2, 0) is 0 Å². The second-order valence-corrected chi connectivity index (χ2v) is 5.98. The summed E-state index contributed by atoms with van der Waals surface area (Å²) < 4.78 is 0. The number of nitrogens with zero attached hydrogens (tertiary/aromatic N) is 1. The van der Waals surface area contributed by atoms with Crippen LogP contribution < -0.4 is 5.32 Å². The number of benzene rings is 1. The first-order chi connectivity index (χ1) is 11.9. The second-order valence-electron chi connectivity index (χ2n) is 5.98. The first kappa shape index (κ1) is 20.3. The highest BCUT2D eigenvalue weighted by Gasteiger charge is 2.13. The summed E-state index contributed by atoms with van der Waals surface area (Å²) in [6, 6.07) is 8.15. The number of rotatable bonds is 6. The van der Waals surface area contributed by atoms with Crippen molar-refractivity contribution in [3.8, 4) is 11.8 Å².